The van der Waals surface area contributed by atoms with Crippen molar-refractivity contribution in [1.29, 1.82) is 0 Å². The Hall–Kier alpha value is -1.69. The standard InChI is InChI=1S/C17H18Cl2N2O2S/c1-10(12-9-11(22-2)7-8-15(12)23-3)20-17(24)21-14-6-4-5-13(18)16(14)19/h4-10H,1-3H3,(H2,20,21,24). The first-order valence-electron chi connectivity index (χ1n) is 7.19. The third-order valence-electron chi connectivity index (χ3n) is 3.45. The molecule has 0 radical (unpaired) electrons. The number of hydrogen-bond acceptors (Lipinski definition) is 3. The van der Waals surface area contributed by atoms with Crippen molar-refractivity contribution in [3.63, 3.8) is 0 Å². The fourth-order valence-electron chi connectivity index (χ4n) is 2.21. The summed E-state index contributed by atoms with van der Waals surface area (Å²) in [4.78, 5) is 0. The lowest BCUT2D eigenvalue weighted by atomic mass is 10.1. The summed E-state index contributed by atoms with van der Waals surface area (Å²) in [5, 5.41) is 7.57. The summed E-state index contributed by atoms with van der Waals surface area (Å²) in [7, 11) is 3.25. The topological polar surface area (TPSA) is 42.5 Å². The number of thiocarbonyl (C=S) groups is 1. The maximum atomic E-state index is 6.16. The van der Waals surface area contributed by atoms with E-state index in [4.69, 9.17) is 44.9 Å². The van der Waals surface area contributed by atoms with Crippen LogP contribution in [-0.2, 0) is 0 Å². The van der Waals surface area contributed by atoms with Crippen LogP contribution in [0.4, 0.5) is 5.69 Å². The predicted octanol–water partition coefficient (Wildman–Crippen LogP) is 5.06. The minimum atomic E-state index is -0.104. The molecule has 2 aromatic carbocycles. The molecule has 4 nitrogen and oxygen atoms in total. The molecule has 0 spiro atoms. The van der Waals surface area contributed by atoms with Crippen molar-refractivity contribution in [2.75, 3.05) is 19.5 Å². The molecular formula is C17H18Cl2N2O2S. The molecule has 0 aliphatic carbocycles. The lowest BCUT2D eigenvalue weighted by Crippen LogP contribution is -2.31. The monoisotopic (exact) mass is 384 g/mol. The average molecular weight is 385 g/mol. The van der Waals surface area contributed by atoms with Crippen molar-refractivity contribution in [1.82, 2.24) is 5.32 Å². The van der Waals surface area contributed by atoms with Gasteiger partial charge in [0.05, 0.1) is 36.0 Å². The molecule has 24 heavy (non-hydrogen) atoms. The molecule has 0 bridgehead atoms. The highest BCUT2D eigenvalue weighted by atomic mass is 35.5. The largest absolute Gasteiger partial charge is 0.497 e. The number of nitrogens with one attached hydrogen (secondary N) is 2. The molecule has 0 amide bonds. The van der Waals surface area contributed by atoms with E-state index in [-0.39, 0.29) is 6.04 Å². The zero-order chi connectivity index (χ0) is 17.7. The van der Waals surface area contributed by atoms with Gasteiger partial charge in [0.2, 0.25) is 0 Å². The smallest absolute Gasteiger partial charge is 0.171 e. The summed E-state index contributed by atoms with van der Waals surface area (Å²) in [6.45, 7) is 1.98. The Morgan fingerprint density at radius 3 is 2.54 bits per heavy atom. The summed E-state index contributed by atoms with van der Waals surface area (Å²) >= 11 is 17.5. The first-order chi connectivity index (χ1) is 11.5. The fourth-order valence-corrected chi connectivity index (χ4v) is 2.85. The summed E-state index contributed by atoms with van der Waals surface area (Å²) in [5.74, 6) is 1.50. The van der Waals surface area contributed by atoms with E-state index >= 15 is 0 Å². The Bertz CT molecular complexity index is 741. The first kappa shape index (κ1) is 18.6. The van der Waals surface area contributed by atoms with E-state index < -0.39 is 0 Å². The van der Waals surface area contributed by atoms with Crippen molar-refractivity contribution < 1.29 is 9.47 Å². The van der Waals surface area contributed by atoms with Gasteiger partial charge >= 0.3 is 0 Å². The molecule has 1 unspecified atom stereocenters. The minimum Gasteiger partial charge on any atom is -0.497 e. The van der Waals surface area contributed by atoms with Gasteiger partial charge in [0.1, 0.15) is 11.5 Å². The molecule has 0 saturated carbocycles. The molecule has 128 valence electrons. The second-order valence-electron chi connectivity index (χ2n) is 5.03. The van der Waals surface area contributed by atoms with Crippen molar-refractivity contribution in [2.24, 2.45) is 0 Å². The van der Waals surface area contributed by atoms with E-state index in [1.165, 1.54) is 0 Å². The van der Waals surface area contributed by atoms with Crippen LogP contribution in [0.25, 0.3) is 0 Å². The molecule has 1 atom stereocenters. The van der Waals surface area contributed by atoms with Crippen LogP contribution in [0.15, 0.2) is 36.4 Å². The SMILES string of the molecule is COc1ccc(OC)c(C(C)NC(=S)Nc2cccc(Cl)c2Cl)c1. The summed E-state index contributed by atoms with van der Waals surface area (Å²) in [5.41, 5.74) is 1.57. The number of ether oxygens (including phenoxy) is 2. The van der Waals surface area contributed by atoms with Crippen molar-refractivity contribution in [3.8, 4) is 11.5 Å². The molecule has 7 heteroatoms. The van der Waals surface area contributed by atoms with Gasteiger partial charge in [-0.05, 0) is 49.5 Å². The van der Waals surface area contributed by atoms with Crippen LogP contribution in [0.1, 0.15) is 18.5 Å². The highest BCUT2D eigenvalue weighted by Crippen LogP contribution is 2.31. The van der Waals surface area contributed by atoms with Gasteiger partial charge in [-0.2, -0.15) is 0 Å². The van der Waals surface area contributed by atoms with E-state index in [0.717, 1.165) is 17.1 Å². The Kier molecular flexibility index (Phi) is 6.54. The minimum absolute atomic E-state index is 0.104. The van der Waals surface area contributed by atoms with E-state index in [9.17, 15) is 0 Å². The Morgan fingerprint density at radius 2 is 1.88 bits per heavy atom. The van der Waals surface area contributed by atoms with Crippen LogP contribution in [0.3, 0.4) is 0 Å². The molecule has 0 aliphatic rings. The third kappa shape index (κ3) is 4.44. The Balaban J connectivity index is 2.13. The molecule has 2 N–H and O–H groups in total. The van der Waals surface area contributed by atoms with Crippen molar-refractivity contribution in [3.05, 3.63) is 52.0 Å². The Labute approximate surface area is 157 Å². The van der Waals surface area contributed by atoms with Crippen LogP contribution < -0.4 is 20.1 Å². The van der Waals surface area contributed by atoms with Crippen molar-refractivity contribution >= 4 is 46.2 Å². The van der Waals surface area contributed by atoms with Crippen molar-refractivity contribution in [2.45, 2.75) is 13.0 Å². The number of anilines is 1. The maximum absolute atomic E-state index is 6.16. The predicted molar refractivity (Wildman–Crippen MR) is 104 cm³/mol. The Morgan fingerprint density at radius 1 is 1.12 bits per heavy atom. The van der Waals surface area contributed by atoms with E-state index in [1.807, 2.05) is 25.1 Å². The zero-order valence-corrected chi connectivity index (χ0v) is 15.9. The average Bonchev–Trinajstić information content (AvgIpc) is 2.58. The van der Waals surface area contributed by atoms with Gasteiger partial charge in [-0.25, -0.2) is 0 Å². The van der Waals surface area contributed by atoms with Crippen LogP contribution in [0.5, 0.6) is 11.5 Å². The van der Waals surface area contributed by atoms with E-state index in [0.29, 0.717) is 20.8 Å². The molecule has 0 fully saturated rings. The van der Waals surface area contributed by atoms with Gasteiger partial charge in [0.15, 0.2) is 5.11 Å². The second-order valence-corrected chi connectivity index (χ2v) is 6.22. The number of benzene rings is 2. The molecule has 0 heterocycles. The van der Waals surface area contributed by atoms with E-state index in [1.54, 1.807) is 32.4 Å². The number of halogens is 2. The maximum Gasteiger partial charge on any atom is 0.171 e. The summed E-state index contributed by atoms with van der Waals surface area (Å²) in [6, 6.07) is 10.8. The van der Waals surface area contributed by atoms with Crippen LogP contribution in [0, 0.1) is 0 Å². The van der Waals surface area contributed by atoms with Gasteiger partial charge in [0.25, 0.3) is 0 Å². The van der Waals surface area contributed by atoms with Gasteiger partial charge < -0.3 is 20.1 Å². The molecule has 0 aromatic heterocycles. The molecule has 0 aliphatic heterocycles. The number of hydrogen-bond donors (Lipinski definition) is 2. The van der Waals surface area contributed by atoms with Crippen LogP contribution in [-0.4, -0.2) is 19.3 Å². The lowest BCUT2D eigenvalue weighted by Gasteiger charge is -2.20. The summed E-state index contributed by atoms with van der Waals surface area (Å²) in [6.07, 6.45) is 0. The second kappa shape index (κ2) is 8.42. The van der Waals surface area contributed by atoms with Crippen LogP contribution in [0.2, 0.25) is 10.0 Å². The number of methoxy groups -OCH3 is 2. The highest BCUT2D eigenvalue weighted by molar-refractivity contribution is 7.80. The van der Waals surface area contributed by atoms with Gasteiger partial charge in [-0.3, -0.25) is 0 Å². The number of rotatable bonds is 5. The van der Waals surface area contributed by atoms with Gasteiger partial charge in [-0.1, -0.05) is 29.3 Å². The van der Waals surface area contributed by atoms with Crippen LogP contribution >= 0.6 is 35.4 Å². The molecule has 2 rings (SSSR count). The lowest BCUT2D eigenvalue weighted by molar-refractivity contribution is 0.395. The zero-order valence-electron chi connectivity index (χ0n) is 13.5. The molecular weight excluding hydrogens is 367 g/mol. The third-order valence-corrected chi connectivity index (χ3v) is 4.49. The van der Waals surface area contributed by atoms with Gasteiger partial charge in [-0.15, -0.1) is 0 Å². The molecule has 0 saturated heterocycles. The normalized spacial score (nSPS) is 11.5. The highest BCUT2D eigenvalue weighted by Gasteiger charge is 2.14. The van der Waals surface area contributed by atoms with Gasteiger partial charge in [0, 0.05) is 5.56 Å². The quantitative estimate of drug-likeness (QED) is 0.705. The first-order valence-corrected chi connectivity index (χ1v) is 8.36. The fraction of sp³-hybridized carbons (Fsp3) is 0.235. The summed E-state index contributed by atoms with van der Waals surface area (Å²) < 4.78 is 10.7. The molecule has 2 aromatic rings. The van der Waals surface area contributed by atoms with E-state index in [2.05, 4.69) is 10.6 Å².